The number of thiazole rings is 1. The third-order valence-corrected chi connectivity index (χ3v) is 7.91. The van der Waals surface area contributed by atoms with E-state index in [1.807, 2.05) is 36.6 Å². The molecule has 1 aromatic carbocycles. The van der Waals surface area contributed by atoms with Crippen LogP contribution < -0.4 is 10.1 Å². The lowest BCUT2D eigenvalue weighted by atomic mass is 9.67. The summed E-state index contributed by atoms with van der Waals surface area (Å²) in [5.41, 5.74) is 2.24. The van der Waals surface area contributed by atoms with Gasteiger partial charge in [0.05, 0.1) is 23.8 Å². The number of nitrogens with one attached hydrogen (secondary N) is 1. The first kappa shape index (κ1) is 20.0. The van der Waals surface area contributed by atoms with E-state index >= 15 is 0 Å². The molecule has 1 aliphatic heterocycles. The second-order valence-corrected chi connectivity index (χ2v) is 9.40. The molecule has 1 saturated carbocycles. The van der Waals surface area contributed by atoms with Crippen molar-refractivity contribution in [1.29, 1.82) is 5.26 Å². The molecule has 4 rings (SSSR count). The van der Waals surface area contributed by atoms with Crippen LogP contribution in [0.4, 0.5) is 0 Å². The van der Waals surface area contributed by atoms with Crippen LogP contribution >= 0.6 is 23.1 Å². The molecular weight excluding hydrogens is 402 g/mol. The number of methoxy groups -OCH3 is 1. The number of carbonyl (C=O) groups is 1. The third kappa shape index (κ3) is 3.56. The van der Waals surface area contributed by atoms with Crippen molar-refractivity contribution < 1.29 is 9.53 Å². The molecule has 7 heteroatoms. The van der Waals surface area contributed by atoms with Gasteiger partial charge in [0.25, 0.3) is 0 Å². The molecule has 0 unspecified atom stereocenters. The van der Waals surface area contributed by atoms with Crippen molar-refractivity contribution >= 4 is 29.0 Å². The van der Waals surface area contributed by atoms with Crippen LogP contribution in [0.15, 0.2) is 40.2 Å². The van der Waals surface area contributed by atoms with Crippen molar-refractivity contribution in [1.82, 2.24) is 10.3 Å². The molecule has 0 bridgehead atoms. The fraction of sp³-hybridized carbons (Fsp3) is 0.409. The Bertz CT molecular complexity index is 999. The zero-order valence-electron chi connectivity index (χ0n) is 16.5. The predicted octanol–water partition coefficient (Wildman–Crippen LogP) is 4.90. The molecule has 1 aliphatic carbocycles. The van der Waals surface area contributed by atoms with Crippen molar-refractivity contribution in [3.8, 4) is 11.8 Å². The SMILES string of the molecule is COc1ccccc1CSC1=C(C#N)C2(CCCC2)[C@H](c2nc(C)cs2)C(=O)N1. The topological polar surface area (TPSA) is 75.0 Å². The maximum absolute atomic E-state index is 13.2. The average Bonchev–Trinajstić information content (AvgIpc) is 3.36. The zero-order valence-corrected chi connectivity index (χ0v) is 18.2. The molecule has 2 aliphatic rings. The Hall–Kier alpha value is -2.30. The van der Waals surface area contributed by atoms with Crippen LogP contribution in [-0.2, 0) is 10.5 Å². The molecular formula is C22H23N3O2S2. The second-order valence-electron chi connectivity index (χ2n) is 7.53. The van der Waals surface area contributed by atoms with Crippen LogP contribution in [0.25, 0.3) is 0 Å². The Kier molecular flexibility index (Phi) is 5.66. The molecule has 1 fully saturated rings. The highest BCUT2D eigenvalue weighted by molar-refractivity contribution is 8.02. The summed E-state index contributed by atoms with van der Waals surface area (Å²) < 4.78 is 5.44. The first-order valence-electron chi connectivity index (χ1n) is 9.71. The number of benzene rings is 1. The summed E-state index contributed by atoms with van der Waals surface area (Å²) in [7, 11) is 1.65. The normalized spacial score (nSPS) is 20.6. The van der Waals surface area contributed by atoms with Gasteiger partial charge in [-0.25, -0.2) is 4.98 Å². The number of hydrogen-bond acceptors (Lipinski definition) is 6. The van der Waals surface area contributed by atoms with Gasteiger partial charge in [-0.2, -0.15) is 5.26 Å². The second kappa shape index (κ2) is 8.21. The lowest BCUT2D eigenvalue weighted by molar-refractivity contribution is -0.124. The number of thioether (sulfide) groups is 1. The Morgan fingerprint density at radius 2 is 2.14 bits per heavy atom. The Labute approximate surface area is 179 Å². The number of nitrogens with zero attached hydrogens (tertiary/aromatic N) is 2. The molecule has 0 saturated heterocycles. The van der Waals surface area contributed by atoms with E-state index < -0.39 is 5.41 Å². The van der Waals surface area contributed by atoms with E-state index in [1.54, 1.807) is 7.11 Å². The molecule has 150 valence electrons. The van der Waals surface area contributed by atoms with Gasteiger partial charge in [-0.1, -0.05) is 31.0 Å². The summed E-state index contributed by atoms with van der Waals surface area (Å²) in [5.74, 6) is 1.02. The number of aromatic nitrogens is 1. The van der Waals surface area contributed by atoms with Crippen molar-refractivity contribution in [3.63, 3.8) is 0 Å². The van der Waals surface area contributed by atoms with Crippen molar-refractivity contribution in [2.45, 2.75) is 44.3 Å². The van der Waals surface area contributed by atoms with Gasteiger partial charge in [0.15, 0.2) is 0 Å². The number of amides is 1. The van der Waals surface area contributed by atoms with Crippen LogP contribution in [0.5, 0.6) is 5.75 Å². The molecule has 2 heterocycles. The molecule has 29 heavy (non-hydrogen) atoms. The highest BCUT2D eigenvalue weighted by Crippen LogP contribution is 2.57. The molecule has 2 aromatic rings. The number of nitriles is 1. The first-order chi connectivity index (χ1) is 14.1. The van der Waals surface area contributed by atoms with Gasteiger partial charge in [-0.3, -0.25) is 4.79 Å². The Morgan fingerprint density at radius 3 is 2.79 bits per heavy atom. The Balaban J connectivity index is 1.71. The van der Waals surface area contributed by atoms with Gasteiger partial charge in [0, 0.05) is 27.8 Å². The summed E-state index contributed by atoms with van der Waals surface area (Å²) in [6.07, 6.45) is 3.77. The zero-order chi connectivity index (χ0) is 20.4. The van der Waals surface area contributed by atoms with E-state index in [0.29, 0.717) is 16.4 Å². The van der Waals surface area contributed by atoms with Crippen molar-refractivity contribution in [3.05, 3.63) is 56.5 Å². The summed E-state index contributed by atoms with van der Waals surface area (Å²) in [6.45, 7) is 1.94. The minimum atomic E-state index is -0.440. The van der Waals surface area contributed by atoms with Gasteiger partial charge in [0.2, 0.25) is 5.91 Å². The van der Waals surface area contributed by atoms with E-state index in [0.717, 1.165) is 47.7 Å². The van der Waals surface area contributed by atoms with Crippen LogP contribution in [0.1, 0.15) is 47.9 Å². The first-order valence-corrected chi connectivity index (χ1v) is 11.6. The van der Waals surface area contributed by atoms with E-state index in [-0.39, 0.29) is 11.8 Å². The van der Waals surface area contributed by atoms with E-state index in [9.17, 15) is 10.1 Å². The maximum Gasteiger partial charge on any atom is 0.235 e. The molecule has 1 N–H and O–H groups in total. The smallest absolute Gasteiger partial charge is 0.235 e. The maximum atomic E-state index is 13.2. The van der Waals surface area contributed by atoms with Crippen molar-refractivity contribution in [2.24, 2.45) is 5.41 Å². The van der Waals surface area contributed by atoms with Gasteiger partial charge in [-0.05, 0) is 25.8 Å². The molecule has 1 atom stereocenters. The molecule has 1 spiro atoms. The van der Waals surface area contributed by atoms with Gasteiger partial charge < -0.3 is 10.1 Å². The number of carbonyl (C=O) groups excluding carboxylic acids is 1. The van der Waals surface area contributed by atoms with E-state index in [1.165, 1.54) is 23.1 Å². The highest BCUT2D eigenvalue weighted by Gasteiger charge is 2.53. The molecule has 0 radical (unpaired) electrons. The van der Waals surface area contributed by atoms with Crippen LogP contribution in [0.2, 0.25) is 0 Å². The number of allylic oxidation sites excluding steroid dienone is 1. The summed E-state index contributed by atoms with van der Waals surface area (Å²) in [6, 6.07) is 10.3. The number of hydrogen-bond donors (Lipinski definition) is 1. The fourth-order valence-electron chi connectivity index (χ4n) is 4.51. The van der Waals surface area contributed by atoms with Crippen LogP contribution in [0, 0.1) is 23.7 Å². The standard InChI is InChI=1S/C22H23N3O2S2/c1-14-12-28-21(24-14)18-19(26)25-20(16(11-23)22(18)9-5-6-10-22)29-13-15-7-3-4-8-17(15)27-2/h3-4,7-8,12,18H,5-6,9-10,13H2,1-2H3,(H,25,26)/t18-/m0/s1. The van der Waals surface area contributed by atoms with Crippen LogP contribution in [0.3, 0.4) is 0 Å². The van der Waals surface area contributed by atoms with E-state index in [2.05, 4.69) is 16.4 Å². The number of ether oxygens (including phenoxy) is 1. The highest BCUT2D eigenvalue weighted by atomic mass is 32.2. The molecule has 5 nitrogen and oxygen atoms in total. The largest absolute Gasteiger partial charge is 0.496 e. The Morgan fingerprint density at radius 1 is 1.38 bits per heavy atom. The van der Waals surface area contributed by atoms with Gasteiger partial charge >= 0.3 is 0 Å². The van der Waals surface area contributed by atoms with Crippen molar-refractivity contribution in [2.75, 3.05) is 7.11 Å². The number of aryl methyl sites for hydroxylation is 1. The summed E-state index contributed by atoms with van der Waals surface area (Å²) in [5, 5.41) is 16.7. The summed E-state index contributed by atoms with van der Waals surface area (Å²) in [4.78, 5) is 17.9. The van der Waals surface area contributed by atoms with Gasteiger partial charge in [0.1, 0.15) is 16.7 Å². The minimum absolute atomic E-state index is 0.0391. The third-order valence-electron chi connectivity index (χ3n) is 5.83. The number of rotatable bonds is 5. The van der Waals surface area contributed by atoms with E-state index in [4.69, 9.17) is 4.74 Å². The average molecular weight is 426 g/mol. The monoisotopic (exact) mass is 425 g/mol. The van der Waals surface area contributed by atoms with Gasteiger partial charge in [-0.15, -0.1) is 23.1 Å². The quantitative estimate of drug-likeness (QED) is 0.737. The molecule has 1 aromatic heterocycles. The lowest BCUT2D eigenvalue weighted by Crippen LogP contribution is -2.45. The number of para-hydroxylation sites is 1. The predicted molar refractivity (Wildman–Crippen MR) is 116 cm³/mol. The minimum Gasteiger partial charge on any atom is -0.496 e. The lowest BCUT2D eigenvalue weighted by Gasteiger charge is -2.40. The summed E-state index contributed by atoms with van der Waals surface area (Å²) >= 11 is 3.03. The fourth-order valence-corrected chi connectivity index (χ4v) is 6.62. The van der Waals surface area contributed by atoms with Crippen LogP contribution in [-0.4, -0.2) is 18.0 Å². The molecule has 1 amide bonds.